The third kappa shape index (κ3) is 4.11. The molecule has 6 heteroatoms. The first kappa shape index (κ1) is 20.9. The molecule has 1 unspecified atom stereocenters. The Kier molecular flexibility index (Phi) is 5.65. The van der Waals surface area contributed by atoms with Crippen LogP contribution in [0.5, 0.6) is 5.75 Å². The predicted molar refractivity (Wildman–Crippen MR) is 118 cm³/mol. The minimum Gasteiger partial charge on any atom is -0.482 e. The van der Waals surface area contributed by atoms with Crippen molar-refractivity contribution in [2.45, 2.75) is 46.5 Å². The van der Waals surface area contributed by atoms with Gasteiger partial charge in [0.25, 0.3) is 0 Å². The summed E-state index contributed by atoms with van der Waals surface area (Å²) in [6.07, 6.45) is 1.38. The van der Waals surface area contributed by atoms with Crippen LogP contribution in [0.3, 0.4) is 0 Å². The fourth-order valence-electron chi connectivity index (χ4n) is 4.11. The van der Waals surface area contributed by atoms with Gasteiger partial charge in [0.2, 0.25) is 17.1 Å². The number of primary amides is 1. The van der Waals surface area contributed by atoms with Gasteiger partial charge in [-0.15, -0.1) is 0 Å². The van der Waals surface area contributed by atoms with Crippen LogP contribution in [0.4, 0.5) is 0 Å². The normalized spacial score (nSPS) is 15.6. The number of carbonyl (C=O) groups excluding carboxylic acids is 1. The number of benzene rings is 2. The molecular weight excluding hydrogens is 392 g/mol. The number of carbonyl (C=O) groups is 1. The van der Waals surface area contributed by atoms with Gasteiger partial charge in [-0.1, -0.05) is 30.3 Å². The third-order valence-electron chi connectivity index (χ3n) is 6.19. The fraction of sp³-hybridized carbons (Fsp3) is 0.280. The molecule has 0 spiro atoms. The maximum absolute atomic E-state index is 12.6. The number of nitrogens with zero attached hydrogens (tertiary/aromatic N) is 1. The second kappa shape index (κ2) is 8.40. The second-order valence-electron chi connectivity index (χ2n) is 8.03. The lowest BCUT2D eigenvalue weighted by atomic mass is 9.98. The minimum atomic E-state index is -0.459. The highest BCUT2D eigenvalue weighted by atomic mass is 16.5. The molecule has 1 aliphatic heterocycles. The van der Waals surface area contributed by atoms with Gasteiger partial charge in [-0.3, -0.25) is 14.5 Å². The third-order valence-corrected chi connectivity index (χ3v) is 6.19. The monoisotopic (exact) mass is 418 g/mol. The van der Waals surface area contributed by atoms with Crippen molar-refractivity contribution in [1.29, 1.82) is 0 Å². The average Bonchev–Trinajstić information content (AvgIpc) is 3.05. The van der Waals surface area contributed by atoms with Crippen LogP contribution in [0, 0.1) is 13.8 Å². The summed E-state index contributed by atoms with van der Waals surface area (Å²) < 4.78 is 11.4. The second-order valence-corrected chi connectivity index (χ2v) is 8.03. The van der Waals surface area contributed by atoms with Crippen molar-refractivity contribution in [2.24, 2.45) is 5.73 Å². The van der Waals surface area contributed by atoms with E-state index in [2.05, 4.69) is 30.0 Å². The molecular formula is C25H26N2O4. The highest BCUT2D eigenvalue weighted by Crippen LogP contribution is 2.34. The molecule has 6 nitrogen and oxygen atoms in total. The molecule has 0 aliphatic carbocycles. The van der Waals surface area contributed by atoms with Gasteiger partial charge in [0.1, 0.15) is 18.6 Å². The number of ether oxygens (including phenoxy) is 1. The Hall–Kier alpha value is -3.38. The van der Waals surface area contributed by atoms with Gasteiger partial charge in [0, 0.05) is 24.2 Å². The van der Waals surface area contributed by atoms with Crippen LogP contribution in [0.15, 0.2) is 57.9 Å². The van der Waals surface area contributed by atoms with E-state index in [1.165, 1.54) is 23.5 Å². The van der Waals surface area contributed by atoms with Gasteiger partial charge in [0.05, 0.1) is 6.54 Å². The van der Waals surface area contributed by atoms with Crippen molar-refractivity contribution in [3.63, 3.8) is 0 Å². The maximum atomic E-state index is 12.6. The molecule has 1 amide bonds. The molecule has 1 aliphatic rings. The topological polar surface area (TPSA) is 85.8 Å². The smallest absolute Gasteiger partial charge is 0.248 e. The van der Waals surface area contributed by atoms with E-state index in [0.29, 0.717) is 17.9 Å². The molecule has 1 aromatic heterocycles. The molecule has 3 aromatic rings. The molecule has 160 valence electrons. The summed E-state index contributed by atoms with van der Waals surface area (Å²) in [5.74, 6) is 0.312. The van der Waals surface area contributed by atoms with Crippen molar-refractivity contribution in [1.82, 2.24) is 4.90 Å². The van der Waals surface area contributed by atoms with Crippen LogP contribution < -0.4 is 15.9 Å². The zero-order valence-corrected chi connectivity index (χ0v) is 18.0. The number of nitrogens with two attached hydrogens (primary N) is 1. The Balaban J connectivity index is 1.44. The Morgan fingerprint density at radius 2 is 1.97 bits per heavy atom. The number of amides is 1. The molecule has 2 heterocycles. The molecule has 2 aromatic carbocycles. The van der Waals surface area contributed by atoms with E-state index in [1.54, 1.807) is 12.1 Å². The SMILES string of the molecule is Cc1c(COc2coc(CN3Cc4ccccc4C3C)cc2=O)ccc(C(N)=O)c1C. The van der Waals surface area contributed by atoms with Crippen LogP contribution in [0.1, 0.15) is 56.9 Å². The van der Waals surface area contributed by atoms with Gasteiger partial charge in [-0.2, -0.15) is 0 Å². The van der Waals surface area contributed by atoms with E-state index in [-0.39, 0.29) is 23.8 Å². The zero-order chi connectivity index (χ0) is 22.1. The number of fused-ring (bicyclic) bond motifs is 1. The van der Waals surface area contributed by atoms with E-state index in [0.717, 1.165) is 23.2 Å². The highest BCUT2D eigenvalue weighted by molar-refractivity contribution is 5.94. The predicted octanol–water partition coefficient (Wildman–Crippen LogP) is 4.01. The van der Waals surface area contributed by atoms with Crippen LogP contribution in [-0.4, -0.2) is 10.8 Å². The standard InChI is InChI=1S/C25H26N2O4/c1-15-16(2)21(25(26)29)9-8-19(15)13-31-24-14-30-20(10-23(24)28)12-27-11-18-6-4-5-7-22(18)17(27)3/h4-10,14,17H,11-13H2,1-3H3,(H2,26,29). The fourth-order valence-corrected chi connectivity index (χ4v) is 4.11. The number of hydrogen-bond acceptors (Lipinski definition) is 5. The van der Waals surface area contributed by atoms with Gasteiger partial charge < -0.3 is 14.9 Å². The summed E-state index contributed by atoms with van der Waals surface area (Å²) in [4.78, 5) is 26.3. The van der Waals surface area contributed by atoms with Gasteiger partial charge in [-0.05, 0) is 54.7 Å². The molecule has 0 fully saturated rings. The summed E-state index contributed by atoms with van der Waals surface area (Å²) >= 11 is 0. The lowest BCUT2D eigenvalue weighted by molar-refractivity contribution is 0.0999. The van der Waals surface area contributed by atoms with Crippen molar-refractivity contribution < 1.29 is 13.9 Å². The summed E-state index contributed by atoms with van der Waals surface area (Å²) in [5, 5.41) is 0. The number of rotatable bonds is 6. The molecule has 2 N–H and O–H groups in total. The highest BCUT2D eigenvalue weighted by Gasteiger charge is 2.26. The van der Waals surface area contributed by atoms with Crippen LogP contribution in [0.25, 0.3) is 0 Å². The largest absolute Gasteiger partial charge is 0.482 e. The Labute approximate surface area is 181 Å². The molecule has 0 saturated carbocycles. The Bertz CT molecular complexity index is 1200. The molecule has 0 radical (unpaired) electrons. The molecule has 4 rings (SSSR count). The lowest BCUT2D eigenvalue weighted by Gasteiger charge is -2.20. The summed E-state index contributed by atoms with van der Waals surface area (Å²) in [6, 6.07) is 13.6. The van der Waals surface area contributed by atoms with Gasteiger partial charge in [-0.25, -0.2) is 0 Å². The Morgan fingerprint density at radius 3 is 2.68 bits per heavy atom. The van der Waals surface area contributed by atoms with E-state index < -0.39 is 5.91 Å². The first-order valence-corrected chi connectivity index (χ1v) is 10.3. The molecule has 31 heavy (non-hydrogen) atoms. The van der Waals surface area contributed by atoms with Crippen LogP contribution in [-0.2, 0) is 19.7 Å². The first-order chi connectivity index (χ1) is 14.8. The zero-order valence-electron chi connectivity index (χ0n) is 18.0. The van der Waals surface area contributed by atoms with Crippen LogP contribution >= 0.6 is 0 Å². The van der Waals surface area contributed by atoms with E-state index in [1.807, 2.05) is 19.9 Å². The van der Waals surface area contributed by atoms with Crippen molar-refractivity contribution in [3.05, 3.63) is 98.1 Å². The van der Waals surface area contributed by atoms with E-state index in [4.69, 9.17) is 14.9 Å². The summed E-state index contributed by atoms with van der Waals surface area (Å²) in [5.41, 5.74) is 10.9. The van der Waals surface area contributed by atoms with Crippen molar-refractivity contribution in [2.75, 3.05) is 0 Å². The van der Waals surface area contributed by atoms with E-state index >= 15 is 0 Å². The lowest BCUT2D eigenvalue weighted by Crippen LogP contribution is -2.20. The van der Waals surface area contributed by atoms with E-state index in [9.17, 15) is 9.59 Å². The quantitative estimate of drug-likeness (QED) is 0.654. The molecule has 0 saturated heterocycles. The van der Waals surface area contributed by atoms with Gasteiger partial charge in [0.15, 0.2) is 0 Å². The Morgan fingerprint density at radius 1 is 1.19 bits per heavy atom. The van der Waals surface area contributed by atoms with Gasteiger partial charge >= 0.3 is 0 Å². The van der Waals surface area contributed by atoms with Crippen molar-refractivity contribution in [3.8, 4) is 5.75 Å². The molecule has 0 bridgehead atoms. The summed E-state index contributed by atoms with van der Waals surface area (Å²) in [6.45, 7) is 7.50. The summed E-state index contributed by atoms with van der Waals surface area (Å²) in [7, 11) is 0. The van der Waals surface area contributed by atoms with Crippen molar-refractivity contribution >= 4 is 5.91 Å². The average molecular weight is 418 g/mol. The van der Waals surface area contributed by atoms with Crippen LogP contribution in [0.2, 0.25) is 0 Å². The minimum absolute atomic E-state index is 0.164. The maximum Gasteiger partial charge on any atom is 0.248 e. The number of hydrogen-bond donors (Lipinski definition) is 1. The molecule has 1 atom stereocenters. The first-order valence-electron chi connectivity index (χ1n) is 10.3.